The van der Waals surface area contributed by atoms with Crippen molar-refractivity contribution in [3.63, 3.8) is 0 Å². The second-order valence-corrected chi connectivity index (χ2v) is 4.49. The van der Waals surface area contributed by atoms with Gasteiger partial charge in [0.2, 0.25) is 0 Å². The molecule has 0 saturated carbocycles. The second kappa shape index (κ2) is 4.83. The van der Waals surface area contributed by atoms with Gasteiger partial charge in [-0.1, -0.05) is 18.6 Å². The molecule has 0 saturated heterocycles. The summed E-state index contributed by atoms with van der Waals surface area (Å²) >= 11 is 1.86. The summed E-state index contributed by atoms with van der Waals surface area (Å²) < 4.78 is 0. The fourth-order valence-electron chi connectivity index (χ4n) is 1.17. The third kappa shape index (κ3) is 3.30. The van der Waals surface area contributed by atoms with Crippen molar-refractivity contribution in [3.05, 3.63) is 11.6 Å². The van der Waals surface area contributed by atoms with Gasteiger partial charge in [0.05, 0.1) is 6.61 Å². The van der Waals surface area contributed by atoms with Gasteiger partial charge in [0.25, 0.3) is 0 Å². The van der Waals surface area contributed by atoms with Crippen LogP contribution in [0.15, 0.2) is 11.6 Å². The first-order chi connectivity index (χ1) is 5.33. The zero-order valence-electron chi connectivity index (χ0n) is 7.05. The van der Waals surface area contributed by atoms with Crippen molar-refractivity contribution in [1.82, 2.24) is 0 Å². The molecular formula is C9H16OS. The molecule has 1 aliphatic rings. The third-order valence-corrected chi connectivity index (χ3v) is 3.20. The number of hydrogen-bond donors (Lipinski definition) is 1. The predicted octanol–water partition coefficient (Wildman–Crippen LogP) is 2.21. The van der Waals surface area contributed by atoms with Crippen molar-refractivity contribution >= 4 is 11.8 Å². The molecule has 0 heterocycles. The molecule has 1 atom stereocenters. The first kappa shape index (κ1) is 9.14. The minimum absolute atomic E-state index is 0.304. The normalized spacial score (nSPS) is 20.0. The maximum atomic E-state index is 8.77. The van der Waals surface area contributed by atoms with Crippen molar-refractivity contribution in [2.45, 2.75) is 31.4 Å². The molecule has 1 rings (SSSR count). The second-order valence-electron chi connectivity index (χ2n) is 3.06. The molecule has 0 spiro atoms. The first-order valence-corrected chi connectivity index (χ1v) is 5.28. The molecular weight excluding hydrogens is 156 g/mol. The van der Waals surface area contributed by atoms with Crippen LogP contribution in [-0.2, 0) is 0 Å². The highest BCUT2D eigenvalue weighted by Gasteiger charge is 2.06. The van der Waals surface area contributed by atoms with Gasteiger partial charge < -0.3 is 5.11 Å². The summed E-state index contributed by atoms with van der Waals surface area (Å²) in [6.45, 7) is 2.37. The van der Waals surface area contributed by atoms with E-state index >= 15 is 0 Å². The summed E-state index contributed by atoms with van der Waals surface area (Å²) in [7, 11) is 0. The molecule has 0 fully saturated rings. The molecule has 1 nitrogen and oxygen atoms in total. The zero-order chi connectivity index (χ0) is 8.10. The highest BCUT2D eigenvalue weighted by molar-refractivity contribution is 8.00. The van der Waals surface area contributed by atoms with E-state index < -0.39 is 0 Å². The van der Waals surface area contributed by atoms with E-state index in [0.717, 1.165) is 5.75 Å². The highest BCUT2D eigenvalue weighted by atomic mass is 32.2. The molecule has 1 aliphatic carbocycles. The minimum atomic E-state index is 0.304. The van der Waals surface area contributed by atoms with Crippen LogP contribution in [0.4, 0.5) is 0 Å². The quantitative estimate of drug-likeness (QED) is 0.656. The van der Waals surface area contributed by atoms with E-state index in [1.807, 2.05) is 11.8 Å². The average molecular weight is 172 g/mol. The maximum absolute atomic E-state index is 8.77. The van der Waals surface area contributed by atoms with Crippen molar-refractivity contribution in [3.8, 4) is 0 Å². The molecule has 11 heavy (non-hydrogen) atoms. The van der Waals surface area contributed by atoms with Gasteiger partial charge >= 0.3 is 0 Å². The Kier molecular flexibility index (Phi) is 4.02. The fourth-order valence-corrected chi connectivity index (χ4v) is 2.04. The van der Waals surface area contributed by atoms with E-state index in [1.54, 1.807) is 5.57 Å². The number of aliphatic hydroxyl groups is 1. The lowest BCUT2D eigenvalue weighted by Gasteiger charge is -2.07. The van der Waals surface area contributed by atoms with Crippen molar-refractivity contribution in [2.75, 3.05) is 12.4 Å². The lowest BCUT2D eigenvalue weighted by Crippen LogP contribution is -2.03. The standard InChI is InChI=1S/C9H16OS/c1-8(6-10)11-7-9-4-2-3-5-9/h4,8,10H,2-3,5-7H2,1H3. The van der Waals surface area contributed by atoms with Crippen LogP contribution < -0.4 is 0 Å². The van der Waals surface area contributed by atoms with Crippen LogP contribution >= 0.6 is 11.8 Å². The Hall–Kier alpha value is 0.0500. The van der Waals surface area contributed by atoms with Crippen LogP contribution in [0.3, 0.4) is 0 Å². The van der Waals surface area contributed by atoms with Crippen LogP contribution in [0.1, 0.15) is 26.2 Å². The molecule has 0 radical (unpaired) electrons. The minimum Gasteiger partial charge on any atom is -0.395 e. The van der Waals surface area contributed by atoms with Gasteiger partial charge in [-0.25, -0.2) is 0 Å². The van der Waals surface area contributed by atoms with Gasteiger partial charge in [-0.15, -0.1) is 0 Å². The van der Waals surface area contributed by atoms with Gasteiger partial charge in [0.1, 0.15) is 0 Å². The van der Waals surface area contributed by atoms with Gasteiger partial charge in [-0.05, 0) is 19.3 Å². The Morgan fingerprint density at radius 2 is 2.55 bits per heavy atom. The molecule has 64 valence electrons. The largest absolute Gasteiger partial charge is 0.395 e. The van der Waals surface area contributed by atoms with Crippen molar-refractivity contribution < 1.29 is 5.11 Å². The van der Waals surface area contributed by atoms with E-state index in [0.29, 0.717) is 11.9 Å². The van der Waals surface area contributed by atoms with Crippen LogP contribution in [0, 0.1) is 0 Å². The highest BCUT2D eigenvalue weighted by Crippen LogP contribution is 2.23. The Labute approximate surface area is 72.9 Å². The molecule has 0 amide bonds. The summed E-state index contributed by atoms with van der Waals surface area (Å²) in [4.78, 5) is 0. The van der Waals surface area contributed by atoms with Gasteiger partial charge in [-0.3, -0.25) is 0 Å². The van der Waals surface area contributed by atoms with Crippen LogP contribution in [0.5, 0.6) is 0 Å². The molecule has 2 heteroatoms. The fraction of sp³-hybridized carbons (Fsp3) is 0.778. The summed E-state index contributed by atoms with van der Waals surface area (Å²) in [5, 5.41) is 9.17. The number of allylic oxidation sites excluding steroid dienone is 1. The number of thioether (sulfide) groups is 1. The predicted molar refractivity (Wildman–Crippen MR) is 50.9 cm³/mol. The number of aliphatic hydroxyl groups excluding tert-OH is 1. The van der Waals surface area contributed by atoms with E-state index in [4.69, 9.17) is 5.11 Å². The van der Waals surface area contributed by atoms with Gasteiger partial charge in [-0.2, -0.15) is 11.8 Å². The lowest BCUT2D eigenvalue weighted by atomic mass is 10.3. The molecule has 0 aliphatic heterocycles. The van der Waals surface area contributed by atoms with E-state index in [2.05, 4.69) is 13.0 Å². The summed E-state index contributed by atoms with van der Waals surface area (Å²) in [5.74, 6) is 1.13. The Bertz CT molecular complexity index is 142. The first-order valence-electron chi connectivity index (χ1n) is 4.23. The van der Waals surface area contributed by atoms with Crippen LogP contribution in [0.2, 0.25) is 0 Å². The Morgan fingerprint density at radius 1 is 1.73 bits per heavy atom. The molecule has 0 aromatic rings. The maximum Gasteiger partial charge on any atom is 0.0547 e. The number of rotatable bonds is 4. The van der Waals surface area contributed by atoms with Crippen molar-refractivity contribution in [2.24, 2.45) is 0 Å². The zero-order valence-corrected chi connectivity index (χ0v) is 7.86. The summed E-state index contributed by atoms with van der Waals surface area (Å²) in [5.41, 5.74) is 1.58. The summed E-state index contributed by atoms with van der Waals surface area (Å²) in [6.07, 6.45) is 6.23. The molecule has 0 aromatic carbocycles. The lowest BCUT2D eigenvalue weighted by molar-refractivity contribution is 0.300. The van der Waals surface area contributed by atoms with E-state index in [9.17, 15) is 0 Å². The third-order valence-electron chi connectivity index (χ3n) is 1.95. The monoisotopic (exact) mass is 172 g/mol. The van der Waals surface area contributed by atoms with Gasteiger partial charge in [0.15, 0.2) is 0 Å². The molecule has 0 bridgehead atoms. The average Bonchev–Trinajstić information content (AvgIpc) is 2.52. The molecule has 0 aromatic heterocycles. The Morgan fingerprint density at radius 3 is 3.09 bits per heavy atom. The van der Waals surface area contributed by atoms with E-state index in [1.165, 1.54) is 19.3 Å². The summed E-state index contributed by atoms with van der Waals surface area (Å²) in [6, 6.07) is 0. The topological polar surface area (TPSA) is 20.2 Å². The van der Waals surface area contributed by atoms with Crippen molar-refractivity contribution in [1.29, 1.82) is 0 Å². The van der Waals surface area contributed by atoms with Gasteiger partial charge in [0, 0.05) is 11.0 Å². The Balaban J connectivity index is 2.11. The number of hydrogen-bond acceptors (Lipinski definition) is 2. The SMILES string of the molecule is CC(CO)SCC1=CCCC1. The molecule has 1 N–H and O–H groups in total. The molecule has 1 unspecified atom stereocenters. The van der Waals surface area contributed by atoms with E-state index in [-0.39, 0.29) is 0 Å². The van der Waals surface area contributed by atoms with Crippen LogP contribution in [0.25, 0.3) is 0 Å². The smallest absolute Gasteiger partial charge is 0.0547 e. The van der Waals surface area contributed by atoms with Crippen LogP contribution in [-0.4, -0.2) is 22.7 Å².